The van der Waals surface area contributed by atoms with Crippen LogP contribution >= 0.6 is 0 Å². The van der Waals surface area contributed by atoms with Crippen LogP contribution in [0.4, 0.5) is 0 Å². The Morgan fingerprint density at radius 2 is 2.18 bits per heavy atom. The Balaban J connectivity index is 2.96. The van der Waals surface area contributed by atoms with Gasteiger partial charge in [-0.2, -0.15) is 5.26 Å². The number of nitrogens with zero attached hydrogens (tertiary/aromatic N) is 1. The number of ether oxygens (including phenoxy) is 1. The predicted molar refractivity (Wildman–Crippen MR) is 68.9 cm³/mol. The van der Waals surface area contributed by atoms with Crippen LogP contribution in [0.5, 0.6) is 5.75 Å². The van der Waals surface area contributed by atoms with E-state index in [4.69, 9.17) is 15.7 Å². The third kappa shape index (κ3) is 3.76. The van der Waals surface area contributed by atoms with Gasteiger partial charge >= 0.3 is 0 Å². The first kappa shape index (κ1) is 13.5. The van der Waals surface area contributed by atoms with Gasteiger partial charge < -0.3 is 10.5 Å². The zero-order chi connectivity index (χ0) is 12.8. The first-order valence-corrected chi connectivity index (χ1v) is 5.98. The number of nitriles is 1. The summed E-state index contributed by atoms with van der Waals surface area (Å²) in [7, 11) is 0. The molecule has 92 valence electrons. The van der Waals surface area contributed by atoms with E-state index in [0.29, 0.717) is 0 Å². The van der Waals surface area contributed by atoms with E-state index in [1.807, 2.05) is 25.1 Å². The molecule has 0 bridgehead atoms. The summed E-state index contributed by atoms with van der Waals surface area (Å²) >= 11 is 0. The molecule has 1 aromatic carbocycles. The normalized spacial score (nSPS) is 13.8. The SMILES string of the molecule is CCC(N)Cc1cccc(C)c1OC(C)C#N. The highest BCUT2D eigenvalue weighted by atomic mass is 16.5. The Labute approximate surface area is 103 Å². The van der Waals surface area contributed by atoms with E-state index >= 15 is 0 Å². The second-order valence-corrected chi connectivity index (χ2v) is 4.32. The summed E-state index contributed by atoms with van der Waals surface area (Å²) < 4.78 is 5.65. The molecule has 2 atom stereocenters. The summed E-state index contributed by atoms with van der Waals surface area (Å²) in [6.45, 7) is 5.80. The highest BCUT2D eigenvalue weighted by Crippen LogP contribution is 2.25. The van der Waals surface area contributed by atoms with Crippen LogP contribution in [-0.4, -0.2) is 12.1 Å². The molecule has 2 unspecified atom stereocenters. The molecule has 0 saturated heterocycles. The highest BCUT2D eigenvalue weighted by Gasteiger charge is 2.12. The molecule has 2 N–H and O–H groups in total. The van der Waals surface area contributed by atoms with Gasteiger partial charge in [0.05, 0.1) is 0 Å². The molecule has 0 aromatic heterocycles. The average Bonchev–Trinajstić information content (AvgIpc) is 2.33. The summed E-state index contributed by atoms with van der Waals surface area (Å²) in [6, 6.07) is 8.22. The Kier molecular flexibility index (Phi) is 4.99. The van der Waals surface area contributed by atoms with Crippen LogP contribution in [0.15, 0.2) is 18.2 Å². The van der Waals surface area contributed by atoms with Crippen LogP contribution < -0.4 is 10.5 Å². The fourth-order valence-corrected chi connectivity index (χ4v) is 1.67. The van der Waals surface area contributed by atoms with E-state index in [1.165, 1.54) is 0 Å². The van der Waals surface area contributed by atoms with Crippen molar-refractivity contribution >= 4 is 0 Å². The molecular formula is C14H20N2O. The average molecular weight is 232 g/mol. The van der Waals surface area contributed by atoms with Gasteiger partial charge in [-0.05, 0) is 37.8 Å². The first-order valence-electron chi connectivity index (χ1n) is 5.98. The first-order chi connectivity index (χ1) is 8.08. The lowest BCUT2D eigenvalue weighted by molar-refractivity contribution is 0.271. The van der Waals surface area contributed by atoms with Crippen molar-refractivity contribution in [1.29, 1.82) is 5.26 Å². The number of benzene rings is 1. The van der Waals surface area contributed by atoms with Gasteiger partial charge in [0.1, 0.15) is 11.8 Å². The summed E-state index contributed by atoms with van der Waals surface area (Å²) in [5.74, 6) is 0.811. The molecule has 3 heteroatoms. The minimum Gasteiger partial charge on any atom is -0.475 e. The molecule has 0 heterocycles. The van der Waals surface area contributed by atoms with Gasteiger partial charge in [-0.3, -0.25) is 0 Å². The molecule has 0 aliphatic rings. The number of aryl methyl sites for hydroxylation is 1. The van der Waals surface area contributed by atoms with Crippen molar-refractivity contribution in [2.75, 3.05) is 0 Å². The summed E-state index contributed by atoms with van der Waals surface area (Å²) in [4.78, 5) is 0. The lowest BCUT2D eigenvalue weighted by Crippen LogP contribution is -2.22. The topological polar surface area (TPSA) is 59.0 Å². The monoisotopic (exact) mass is 232 g/mol. The molecular weight excluding hydrogens is 212 g/mol. The van der Waals surface area contributed by atoms with Crippen LogP contribution in [0, 0.1) is 18.3 Å². The van der Waals surface area contributed by atoms with E-state index in [-0.39, 0.29) is 6.04 Å². The molecule has 0 fully saturated rings. The Morgan fingerprint density at radius 3 is 2.76 bits per heavy atom. The zero-order valence-electron chi connectivity index (χ0n) is 10.7. The summed E-state index contributed by atoms with van der Waals surface area (Å²) in [6.07, 6.45) is 1.28. The molecule has 0 radical (unpaired) electrons. The van der Waals surface area contributed by atoms with E-state index in [9.17, 15) is 0 Å². The van der Waals surface area contributed by atoms with Crippen molar-refractivity contribution in [1.82, 2.24) is 0 Å². The van der Waals surface area contributed by atoms with Crippen LogP contribution in [0.25, 0.3) is 0 Å². The van der Waals surface area contributed by atoms with Crippen molar-refractivity contribution in [3.05, 3.63) is 29.3 Å². The van der Waals surface area contributed by atoms with Crippen LogP contribution in [0.3, 0.4) is 0 Å². The van der Waals surface area contributed by atoms with E-state index in [0.717, 1.165) is 29.7 Å². The fourth-order valence-electron chi connectivity index (χ4n) is 1.67. The number of nitrogens with two attached hydrogens (primary N) is 1. The maximum Gasteiger partial charge on any atom is 0.181 e. The van der Waals surface area contributed by atoms with Gasteiger partial charge in [-0.1, -0.05) is 25.1 Å². The molecule has 1 aromatic rings. The third-order valence-electron chi connectivity index (χ3n) is 2.78. The van der Waals surface area contributed by atoms with Crippen LogP contribution in [0.2, 0.25) is 0 Å². The lowest BCUT2D eigenvalue weighted by atomic mass is 10.0. The van der Waals surface area contributed by atoms with Gasteiger partial charge in [0, 0.05) is 6.04 Å². The molecule has 17 heavy (non-hydrogen) atoms. The van der Waals surface area contributed by atoms with Gasteiger partial charge in [0.15, 0.2) is 6.10 Å². The second-order valence-electron chi connectivity index (χ2n) is 4.32. The fraction of sp³-hybridized carbons (Fsp3) is 0.500. The van der Waals surface area contributed by atoms with Crippen molar-refractivity contribution in [2.24, 2.45) is 5.73 Å². The lowest BCUT2D eigenvalue weighted by Gasteiger charge is -2.17. The van der Waals surface area contributed by atoms with Crippen molar-refractivity contribution in [3.8, 4) is 11.8 Å². The Morgan fingerprint density at radius 1 is 1.47 bits per heavy atom. The Hall–Kier alpha value is -1.53. The van der Waals surface area contributed by atoms with Gasteiger partial charge in [-0.25, -0.2) is 0 Å². The second kappa shape index (κ2) is 6.27. The number of para-hydroxylation sites is 1. The standard InChI is InChI=1S/C14H20N2O/c1-4-13(16)8-12-7-5-6-10(2)14(12)17-11(3)9-15/h5-7,11,13H,4,8,16H2,1-3H3. The Bertz CT molecular complexity index is 409. The van der Waals surface area contributed by atoms with Crippen molar-refractivity contribution in [2.45, 2.75) is 45.8 Å². The maximum atomic E-state index is 8.81. The molecule has 0 aliphatic carbocycles. The predicted octanol–water partition coefficient (Wildman–Crippen LogP) is 2.57. The molecule has 1 rings (SSSR count). The van der Waals surface area contributed by atoms with Gasteiger partial charge in [0.25, 0.3) is 0 Å². The zero-order valence-corrected chi connectivity index (χ0v) is 10.7. The van der Waals surface area contributed by atoms with Crippen molar-refractivity contribution < 1.29 is 4.74 Å². The molecule has 0 amide bonds. The molecule has 3 nitrogen and oxygen atoms in total. The maximum absolute atomic E-state index is 8.81. The number of hydrogen-bond donors (Lipinski definition) is 1. The smallest absolute Gasteiger partial charge is 0.181 e. The number of hydrogen-bond acceptors (Lipinski definition) is 3. The summed E-state index contributed by atoms with van der Waals surface area (Å²) in [5.41, 5.74) is 8.10. The molecule has 0 aliphatic heterocycles. The van der Waals surface area contributed by atoms with Crippen LogP contribution in [-0.2, 0) is 6.42 Å². The van der Waals surface area contributed by atoms with Gasteiger partial charge in [-0.15, -0.1) is 0 Å². The van der Waals surface area contributed by atoms with E-state index < -0.39 is 6.10 Å². The van der Waals surface area contributed by atoms with Crippen molar-refractivity contribution in [3.63, 3.8) is 0 Å². The minimum absolute atomic E-state index is 0.136. The summed E-state index contributed by atoms with van der Waals surface area (Å²) in [5, 5.41) is 8.81. The molecule has 0 saturated carbocycles. The van der Waals surface area contributed by atoms with E-state index in [1.54, 1.807) is 6.92 Å². The van der Waals surface area contributed by atoms with E-state index in [2.05, 4.69) is 13.0 Å². The van der Waals surface area contributed by atoms with Crippen LogP contribution in [0.1, 0.15) is 31.4 Å². The third-order valence-corrected chi connectivity index (χ3v) is 2.78. The quantitative estimate of drug-likeness (QED) is 0.848. The molecule has 0 spiro atoms. The minimum atomic E-state index is -0.437. The van der Waals surface area contributed by atoms with Gasteiger partial charge in [0.2, 0.25) is 0 Å². The highest BCUT2D eigenvalue weighted by molar-refractivity contribution is 5.41. The number of rotatable bonds is 5. The largest absolute Gasteiger partial charge is 0.475 e.